The second-order valence-corrected chi connectivity index (χ2v) is 9.12. The number of hydrogen-bond donors (Lipinski definition) is 2. The number of nitrogens with zero attached hydrogens (tertiary/aromatic N) is 6. The number of amides is 1. The van der Waals surface area contributed by atoms with Crippen LogP contribution in [-0.4, -0.2) is 64.7 Å². The Kier molecular flexibility index (Phi) is 5.38. The Labute approximate surface area is 193 Å². The molecule has 3 aromatic rings. The average molecular weight is 445 g/mol. The highest BCUT2D eigenvalue weighted by atomic mass is 16.1. The van der Waals surface area contributed by atoms with Crippen molar-refractivity contribution in [2.24, 2.45) is 0 Å². The van der Waals surface area contributed by atoms with E-state index in [2.05, 4.69) is 51.8 Å². The first kappa shape index (κ1) is 21.2. The van der Waals surface area contributed by atoms with Gasteiger partial charge in [0.2, 0.25) is 5.91 Å². The molecule has 1 aliphatic heterocycles. The predicted molar refractivity (Wildman–Crippen MR) is 128 cm³/mol. The largest absolute Gasteiger partial charge is 0.368 e. The average Bonchev–Trinajstić information content (AvgIpc) is 3.30. The normalized spacial score (nSPS) is 18.0. The molecule has 1 saturated carbocycles. The maximum atomic E-state index is 11.8. The fourth-order valence-electron chi connectivity index (χ4n) is 4.36. The summed E-state index contributed by atoms with van der Waals surface area (Å²) in [5.74, 6) is 0.737. The fraction of sp³-hybridized carbons (Fsp3) is 0.417. The Morgan fingerprint density at radius 1 is 1.24 bits per heavy atom. The summed E-state index contributed by atoms with van der Waals surface area (Å²) in [6, 6.07) is 11.1. The second-order valence-electron chi connectivity index (χ2n) is 9.12. The van der Waals surface area contributed by atoms with E-state index >= 15 is 0 Å². The highest BCUT2D eigenvalue weighted by Gasteiger charge is 2.27. The van der Waals surface area contributed by atoms with Gasteiger partial charge in [-0.25, -0.2) is 4.98 Å². The Morgan fingerprint density at radius 3 is 2.73 bits per heavy atom. The van der Waals surface area contributed by atoms with E-state index < -0.39 is 0 Å². The number of anilines is 3. The highest BCUT2D eigenvalue weighted by Crippen LogP contribution is 2.35. The van der Waals surface area contributed by atoms with Crippen LogP contribution in [0.3, 0.4) is 0 Å². The van der Waals surface area contributed by atoms with Gasteiger partial charge in [0.1, 0.15) is 17.5 Å². The number of fused-ring (bicyclic) bond motifs is 1. The van der Waals surface area contributed by atoms with Crippen LogP contribution in [0.15, 0.2) is 30.5 Å². The van der Waals surface area contributed by atoms with Gasteiger partial charge in [0, 0.05) is 43.7 Å². The third-order valence-corrected chi connectivity index (χ3v) is 6.36. The van der Waals surface area contributed by atoms with Crippen LogP contribution in [0.4, 0.5) is 17.2 Å². The summed E-state index contributed by atoms with van der Waals surface area (Å²) in [5, 5.41) is 20.4. The molecule has 1 saturated heterocycles. The SMILES string of the molecule is CC(=O)Nc1ccc(-c2cc(NC3CC3)n3ncc(C#N)c3n2)cc1N1CC[C@@H](N(C)C)C1. The number of nitrogens with one attached hydrogen (secondary N) is 2. The van der Waals surface area contributed by atoms with Crippen molar-refractivity contribution >= 4 is 28.7 Å². The number of rotatable bonds is 6. The van der Waals surface area contributed by atoms with Gasteiger partial charge in [-0.3, -0.25) is 4.79 Å². The number of carbonyl (C=O) groups is 1. The van der Waals surface area contributed by atoms with Gasteiger partial charge >= 0.3 is 0 Å². The van der Waals surface area contributed by atoms with E-state index in [1.165, 1.54) is 6.92 Å². The zero-order valence-electron chi connectivity index (χ0n) is 19.2. The zero-order valence-corrected chi connectivity index (χ0v) is 19.2. The van der Waals surface area contributed by atoms with Crippen LogP contribution in [0.5, 0.6) is 0 Å². The summed E-state index contributed by atoms with van der Waals surface area (Å²) >= 11 is 0. The Bertz CT molecular complexity index is 1250. The van der Waals surface area contributed by atoms with E-state index in [1.807, 2.05) is 18.2 Å². The molecule has 0 radical (unpaired) electrons. The summed E-state index contributed by atoms with van der Waals surface area (Å²) in [7, 11) is 4.20. The molecule has 5 rings (SSSR count). The molecular formula is C24H28N8O. The van der Waals surface area contributed by atoms with Crippen molar-refractivity contribution in [1.82, 2.24) is 19.5 Å². The smallest absolute Gasteiger partial charge is 0.221 e. The quantitative estimate of drug-likeness (QED) is 0.603. The van der Waals surface area contributed by atoms with Crippen molar-refractivity contribution in [2.75, 3.05) is 42.7 Å². The molecule has 3 heterocycles. The van der Waals surface area contributed by atoms with Gasteiger partial charge in [-0.05, 0) is 45.5 Å². The second kappa shape index (κ2) is 8.37. The minimum atomic E-state index is -0.0965. The van der Waals surface area contributed by atoms with Crippen molar-refractivity contribution in [1.29, 1.82) is 5.26 Å². The van der Waals surface area contributed by atoms with E-state index in [-0.39, 0.29) is 5.91 Å². The first-order valence-corrected chi connectivity index (χ1v) is 11.3. The lowest BCUT2D eigenvalue weighted by Crippen LogP contribution is -2.31. The maximum absolute atomic E-state index is 11.8. The molecule has 9 nitrogen and oxygen atoms in total. The third kappa shape index (κ3) is 4.22. The molecule has 2 N–H and O–H groups in total. The van der Waals surface area contributed by atoms with Crippen LogP contribution in [0, 0.1) is 11.3 Å². The standard InChI is InChI=1S/C24H28N8O/c1-15(33)27-20-7-4-16(10-22(20)31-9-8-19(14-31)30(2)3)21-11-23(28-18-5-6-18)32-24(29-21)17(12-25)13-26-32/h4,7,10-11,13,18-19,28H,5-6,8-9,14H2,1-3H3,(H,27,33)/t19-/m1/s1. The summed E-state index contributed by atoms with van der Waals surface area (Å²) in [5.41, 5.74) is 4.46. The summed E-state index contributed by atoms with van der Waals surface area (Å²) in [6.45, 7) is 3.34. The van der Waals surface area contributed by atoms with E-state index in [0.29, 0.717) is 23.3 Å². The third-order valence-electron chi connectivity index (χ3n) is 6.36. The predicted octanol–water partition coefficient (Wildman–Crippen LogP) is 2.94. The number of hydrogen-bond acceptors (Lipinski definition) is 7. The van der Waals surface area contributed by atoms with Crippen LogP contribution in [0.25, 0.3) is 16.9 Å². The molecule has 1 amide bonds. The number of benzene rings is 1. The van der Waals surface area contributed by atoms with Crippen molar-refractivity contribution in [2.45, 2.75) is 38.3 Å². The Hall–Kier alpha value is -3.64. The van der Waals surface area contributed by atoms with Gasteiger partial charge < -0.3 is 20.4 Å². The van der Waals surface area contributed by atoms with E-state index in [9.17, 15) is 10.1 Å². The molecule has 33 heavy (non-hydrogen) atoms. The molecule has 0 unspecified atom stereocenters. The minimum Gasteiger partial charge on any atom is -0.368 e. The van der Waals surface area contributed by atoms with Crippen molar-refractivity contribution in [3.63, 3.8) is 0 Å². The van der Waals surface area contributed by atoms with Crippen LogP contribution in [0.1, 0.15) is 31.7 Å². The first-order valence-electron chi connectivity index (χ1n) is 11.3. The summed E-state index contributed by atoms with van der Waals surface area (Å²) in [6.07, 6.45) is 4.88. The van der Waals surface area contributed by atoms with Crippen LogP contribution < -0.4 is 15.5 Å². The zero-order chi connectivity index (χ0) is 23.1. The lowest BCUT2D eigenvalue weighted by molar-refractivity contribution is -0.114. The molecule has 2 fully saturated rings. The fourth-order valence-corrected chi connectivity index (χ4v) is 4.36. The van der Waals surface area contributed by atoms with Crippen molar-refractivity contribution < 1.29 is 4.79 Å². The monoisotopic (exact) mass is 444 g/mol. The van der Waals surface area contributed by atoms with Gasteiger partial charge in [-0.15, -0.1) is 0 Å². The molecule has 1 aliphatic carbocycles. The molecule has 1 atom stereocenters. The van der Waals surface area contributed by atoms with E-state index in [0.717, 1.165) is 60.8 Å². The maximum Gasteiger partial charge on any atom is 0.221 e. The van der Waals surface area contributed by atoms with Gasteiger partial charge in [0.25, 0.3) is 0 Å². The first-order chi connectivity index (χ1) is 15.9. The Morgan fingerprint density at radius 2 is 2.06 bits per heavy atom. The number of carbonyl (C=O) groups excluding carboxylic acids is 1. The van der Waals surface area contributed by atoms with Crippen molar-refractivity contribution in [3.8, 4) is 17.3 Å². The molecule has 0 spiro atoms. The summed E-state index contributed by atoms with van der Waals surface area (Å²) in [4.78, 5) is 21.2. The van der Waals surface area contributed by atoms with Gasteiger partial charge in [-0.2, -0.15) is 14.9 Å². The number of aromatic nitrogens is 3. The molecule has 170 valence electrons. The van der Waals surface area contributed by atoms with Gasteiger partial charge in [0.05, 0.1) is 23.3 Å². The molecule has 2 aliphatic rings. The van der Waals surface area contributed by atoms with E-state index in [4.69, 9.17) is 4.98 Å². The highest BCUT2D eigenvalue weighted by molar-refractivity contribution is 5.94. The van der Waals surface area contributed by atoms with Crippen LogP contribution in [0.2, 0.25) is 0 Å². The molecule has 1 aromatic carbocycles. The number of likely N-dealkylation sites (N-methyl/N-ethyl adjacent to an activating group) is 1. The van der Waals surface area contributed by atoms with Crippen LogP contribution in [-0.2, 0) is 4.79 Å². The van der Waals surface area contributed by atoms with Gasteiger partial charge in [-0.1, -0.05) is 6.07 Å². The Balaban J connectivity index is 1.59. The lowest BCUT2D eigenvalue weighted by Gasteiger charge is -2.24. The molecule has 0 bridgehead atoms. The molecular weight excluding hydrogens is 416 g/mol. The number of nitriles is 1. The topological polar surface area (TPSA) is 102 Å². The molecule has 2 aromatic heterocycles. The minimum absolute atomic E-state index is 0.0965. The van der Waals surface area contributed by atoms with Crippen molar-refractivity contribution in [3.05, 3.63) is 36.0 Å². The lowest BCUT2D eigenvalue weighted by atomic mass is 10.1. The van der Waals surface area contributed by atoms with Gasteiger partial charge in [0.15, 0.2) is 5.65 Å². The van der Waals surface area contributed by atoms with Crippen LogP contribution >= 0.6 is 0 Å². The summed E-state index contributed by atoms with van der Waals surface area (Å²) < 4.78 is 1.70. The molecule has 9 heteroatoms. The van der Waals surface area contributed by atoms with E-state index in [1.54, 1.807) is 10.7 Å².